The molecule has 1 aromatic heterocycles. The lowest BCUT2D eigenvalue weighted by Crippen LogP contribution is -2.32. The molecule has 0 aliphatic rings. The smallest absolute Gasteiger partial charge is 0.258 e. The van der Waals surface area contributed by atoms with Crippen molar-refractivity contribution < 1.29 is 19.1 Å². The first kappa shape index (κ1) is 16.7. The fraction of sp³-hybridized carbons (Fsp3) is 0.267. The topological polar surface area (TPSA) is 71.7 Å². The molecule has 0 fully saturated rings. The van der Waals surface area contributed by atoms with Crippen molar-refractivity contribution in [3.05, 3.63) is 51.9 Å². The van der Waals surface area contributed by atoms with Crippen LogP contribution in [0.2, 0.25) is 10.0 Å². The van der Waals surface area contributed by atoms with E-state index in [1.807, 2.05) is 0 Å². The number of benzene rings is 1. The summed E-state index contributed by atoms with van der Waals surface area (Å²) in [4.78, 5) is 11.7. The van der Waals surface area contributed by atoms with Crippen molar-refractivity contribution in [2.24, 2.45) is 0 Å². The zero-order valence-electron chi connectivity index (χ0n) is 11.8. The van der Waals surface area contributed by atoms with Gasteiger partial charge in [-0.3, -0.25) is 4.79 Å². The lowest BCUT2D eigenvalue weighted by atomic mass is 10.3. The van der Waals surface area contributed by atoms with Crippen LogP contribution in [0, 0.1) is 6.92 Å². The van der Waals surface area contributed by atoms with E-state index in [1.165, 1.54) is 6.07 Å². The van der Waals surface area contributed by atoms with Gasteiger partial charge in [0.15, 0.2) is 6.61 Å². The predicted molar refractivity (Wildman–Crippen MR) is 83.4 cm³/mol. The number of amides is 1. The molecule has 0 bridgehead atoms. The van der Waals surface area contributed by atoms with Crippen molar-refractivity contribution in [2.75, 3.05) is 13.2 Å². The van der Waals surface area contributed by atoms with Crippen LogP contribution in [-0.4, -0.2) is 24.2 Å². The Kier molecular flexibility index (Phi) is 5.71. The molecule has 1 amide bonds. The van der Waals surface area contributed by atoms with Gasteiger partial charge in [-0.2, -0.15) is 0 Å². The van der Waals surface area contributed by atoms with Gasteiger partial charge >= 0.3 is 0 Å². The number of ether oxygens (including phenoxy) is 1. The quantitative estimate of drug-likeness (QED) is 0.845. The van der Waals surface area contributed by atoms with E-state index in [0.29, 0.717) is 27.3 Å². The zero-order chi connectivity index (χ0) is 16.1. The number of aliphatic hydroxyl groups excluding tert-OH is 1. The van der Waals surface area contributed by atoms with Gasteiger partial charge in [0.25, 0.3) is 5.91 Å². The third kappa shape index (κ3) is 4.66. The average molecular weight is 344 g/mol. The lowest BCUT2D eigenvalue weighted by Gasteiger charge is -2.11. The Morgan fingerprint density at radius 1 is 1.36 bits per heavy atom. The normalized spacial score (nSPS) is 12.0. The summed E-state index contributed by atoms with van der Waals surface area (Å²) in [6.45, 7) is 1.59. The summed E-state index contributed by atoms with van der Waals surface area (Å²) in [7, 11) is 0. The van der Waals surface area contributed by atoms with Gasteiger partial charge in [-0.15, -0.1) is 0 Å². The lowest BCUT2D eigenvalue weighted by molar-refractivity contribution is -0.123. The van der Waals surface area contributed by atoms with E-state index in [1.54, 1.807) is 31.2 Å². The van der Waals surface area contributed by atoms with E-state index in [2.05, 4.69) is 5.32 Å². The second-order valence-electron chi connectivity index (χ2n) is 4.63. The number of aryl methyl sites for hydroxylation is 1. The van der Waals surface area contributed by atoms with Crippen LogP contribution >= 0.6 is 23.2 Å². The van der Waals surface area contributed by atoms with Crippen molar-refractivity contribution >= 4 is 29.1 Å². The minimum Gasteiger partial charge on any atom is -0.482 e. The molecule has 0 spiro atoms. The van der Waals surface area contributed by atoms with Crippen molar-refractivity contribution in [3.8, 4) is 5.75 Å². The molecule has 2 rings (SSSR count). The first-order chi connectivity index (χ1) is 10.5. The molecule has 5 nitrogen and oxygen atoms in total. The fourth-order valence-electron chi connectivity index (χ4n) is 1.73. The highest BCUT2D eigenvalue weighted by molar-refractivity contribution is 6.35. The Bertz CT molecular complexity index is 657. The first-order valence-electron chi connectivity index (χ1n) is 6.54. The van der Waals surface area contributed by atoms with Crippen molar-refractivity contribution in [2.45, 2.75) is 13.0 Å². The molecule has 0 radical (unpaired) electrons. The van der Waals surface area contributed by atoms with Crippen LogP contribution in [0.25, 0.3) is 0 Å². The minimum atomic E-state index is -0.906. The molecule has 0 saturated heterocycles. The molecule has 1 atom stereocenters. The summed E-state index contributed by atoms with van der Waals surface area (Å²) in [5.74, 6) is 1.08. The van der Waals surface area contributed by atoms with Gasteiger partial charge in [0.2, 0.25) is 0 Å². The zero-order valence-corrected chi connectivity index (χ0v) is 13.3. The molecule has 1 aromatic carbocycles. The number of furan rings is 1. The fourth-order valence-corrected chi connectivity index (χ4v) is 2.19. The molecule has 118 valence electrons. The molecule has 1 unspecified atom stereocenters. The van der Waals surface area contributed by atoms with E-state index in [-0.39, 0.29) is 19.1 Å². The van der Waals surface area contributed by atoms with E-state index < -0.39 is 6.10 Å². The second kappa shape index (κ2) is 7.54. The molecular formula is C15H15Cl2NO4. The Hall–Kier alpha value is -1.69. The number of aliphatic hydroxyl groups is 1. The van der Waals surface area contributed by atoms with Crippen LogP contribution in [0.5, 0.6) is 5.75 Å². The molecule has 2 aromatic rings. The van der Waals surface area contributed by atoms with Gasteiger partial charge in [-0.05, 0) is 37.3 Å². The molecule has 22 heavy (non-hydrogen) atoms. The predicted octanol–water partition coefficient (Wildman–Crippen LogP) is 3.12. The number of hydrogen-bond acceptors (Lipinski definition) is 4. The Balaban J connectivity index is 1.78. The van der Waals surface area contributed by atoms with Gasteiger partial charge in [-0.1, -0.05) is 23.2 Å². The Morgan fingerprint density at radius 2 is 2.14 bits per heavy atom. The van der Waals surface area contributed by atoms with E-state index in [4.69, 9.17) is 32.4 Å². The number of rotatable bonds is 6. The van der Waals surface area contributed by atoms with Crippen molar-refractivity contribution in [1.82, 2.24) is 5.32 Å². The van der Waals surface area contributed by atoms with Crippen LogP contribution < -0.4 is 10.1 Å². The second-order valence-corrected chi connectivity index (χ2v) is 5.48. The highest BCUT2D eigenvalue weighted by Crippen LogP contribution is 2.27. The Labute approximate surface area is 137 Å². The minimum absolute atomic E-state index is 0.0312. The molecular weight excluding hydrogens is 329 g/mol. The van der Waals surface area contributed by atoms with Crippen molar-refractivity contribution in [3.63, 3.8) is 0 Å². The maximum absolute atomic E-state index is 11.7. The van der Waals surface area contributed by atoms with Crippen LogP contribution in [0.1, 0.15) is 17.6 Å². The molecule has 0 aliphatic carbocycles. The van der Waals surface area contributed by atoms with Crippen LogP contribution in [-0.2, 0) is 4.79 Å². The van der Waals surface area contributed by atoms with Crippen LogP contribution in [0.15, 0.2) is 34.7 Å². The van der Waals surface area contributed by atoms with Gasteiger partial charge in [0.1, 0.15) is 23.4 Å². The third-order valence-corrected chi connectivity index (χ3v) is 3.37. The van der Waals surface area contributed by atoms with Gasteiger partial charge < -0.3 is 19.6 Å². The highest BCUT2D eigenvalue weighted by atomic mass is 35.5. The monoisotopic (exact) mass is 343 g/mol. The number of halogens is 2. The van der Waals surface area contributed by atoms with Gasteiger partial charge in [0, 0.05) is 5.02 Å². The summed E-state index contributed by atoms with van der Waals surface area (Å²) in [6.07, 6.45) is -0.906. The first-order valence-corrected chi connectivity index (χ1v) is 7.30. The molecule has 0 saturated carbocycles. The van der Waals surface area contributed by atoms with Crippen LogP contribution in [0.4, 0.5) is 0 Å². The van der Waals surface area contributed by atoms with Crippen LogP contribution in [0.3, 0.4) is 0 Å². The number of carbonyl (C=O) groups is 1. The van der Waals surface area contributed by atoms with Crippen molar-refractivity contribution in [1.29, 1.82) is 0 Å². The summed E-state index contributed by atoms with van der Waals surface area (Å²) in [5.41, 5.74) is 0. The van der Waals surface area contributed by atoms with E-state index in [9.17, 15) is 9.90 Å². The summed E-state index contributed by atoms with van der Waals surface area (Å²) < 4.78 is 10.6. The highest BCUT2D eigenvalue weighted by Gasteiger charge is 2.13. The number of carbonyl (C=O) groups excluding carboxylic acids is 1. The molecule has 7 heteroatoms. The molecule has 2 N–H and O–H groups in total. The largest absolute Gasteiger partial charge is 0.482 e. The maximum atomic E-state index is 11.7. The SMILES string of the molecule is Cc1ccc(C(O)CNC(=O)COc2ccc(Cl)cc2Cl)o1. The number of hydrogen-bond donors (Lipinski definition) is 2. The molecule has 1 heterocycles. The summed E-state index contributed by atoms with van der Waals surface area (Å²) in [5, 5.41) is 13.2. The summed E-state index contributed by atoms with van der Waals surface area (Å²) >= 11 is 11.7. The van der Waals surface area contributed by atoms with E-state index in [0.717, 1.165) is 0 Å². The Morgan fingerprint density at radius 3 is 2.77 bits per heavy atom. The van der Waals surface area contributed by atoms with E-state index >= 15 is 0 Å². The average Bonchev–Trinajstić information content (AvgIpc) is 2.90. The molecule has 0 aliphatic heterocycles. The number of nitrogens with one attached hydrogen (secondary N) is 1. The standard InChI is InChI=1S/C15H15Cl2NO4/c1-9-2-4-14(22-9)12(19)7-18-15(20)8-21-13-5-3-10(16)6-11(13)17/h2-6,12,19H,7-8H2,1H3,(H,18,20). The van der Waals surface area contributed by atoms with Gasteiger partial charge in [-0.25, -0.2) is 0 Å². The van der Waals surface area contributed by atoms with Gasteiger partial charge in [0.05, 0.1) is 11.6 Å². The summed E-state index contributed by atoms with van der Waals surface area (Å²) in [6, 6.07) is 8.13. The third-order valence-electron chi connectivity index (χ3n) is 2.83. The maximum Gasteiger partial charge on any atom is 0.258 e.